The molecule has 1 aliphatic carbocycles. The number of rotatable bonds is 2. The molecule has 0 radical (unpaired) electrons. The topological polar surface area (TPSA) is 101 Å². The fourth-order valence-corrected chi connectivity index (χ4v) is 4.26. The van der Waals surface area contributed by atoms with E-state index in [9.17, 15) is 15.8 Å². The van der Waals surface area contributed by atoms with Crippen molar-refractivity contribution in [3.05, 3.63) is 57.8 Å². The standard InChI is InChI=1S/C21H20ClN5/c1-13(2)27-8-7-18-17(10-27)19(14-3-5-15(22)6-4-14)16(9-23)20(26)21(18,11-24)12-25/h3-7,13,17,19H,8,10,26H2,1-2H3/t17-,19-/m0/s1. The van der Waals surface area contributed by atoms with Gasteiger partial charge in [0.2, 0.25) is 5.41 Å². The van der Waals surface area contributed by atoms with Crippen LogP contribution in [0.1, 0.15) is 25.3 Å². The van der Waals surface area contributed by atoms with Crippen LogP contribution in [0.25, 0.3) is 0 Å². The van der Waals surface area contributed by atoms with Crippen LogP contribution in [0, 0.1) is 45.3 Å². The van der Waals surface area contributed by atoms with Crippen molar-refractivity contribution in [1.29, 1.82) is 15.8 Å². The Bertz CT molecular complexity index is 923. The third-order valence-corrected chi connectivity index (χ3v) is 5.88. The lowest BCUT2D eigenvalue weighted by molar-refractivity contribution is 0.186. The summed E-state index contributed by atoms with van der Waals surface area (Å²) < 4.78 is 0. The Balaban J connectivity index is 2.27. The minimum atomic E-state index is -1.58. The van der Waals surface area contributed by atoms with Gasteiger partial charge in [0.05, 0.1) is 29.5 Å². The van der Waals surface area contributed by atoms with Crippen molar-refractivity contribution in [3.8, 4) is 18.2 Å². The molecule has 2 atom stereocenters. The van der Waals surface area contributed by atoms with Gasteiger partial charge in [-0.1, -0.05) is 29.8 Å². The number of allylic oxidation sites excluding steroid dienone is 2. The van der Waals surface area contributed by atoms with Gasteiger partial charge in [-0.25, -0.2) is 0 Å². The molecule has 1 heterocycles. The highest BCUT2D eigenvalue weighted by Gasteiger charge is 2.52. The third-order valence-electron chi connectivity index (χ3n) is 5.63. The van der Waals surface area contributed by atoms with Crippen molar-refractivity contribution < 1.29 is 0 Å². The molecule has 1 aliphatic heterocycles. The summed E-state index contributed by atoms with van der Waals surface area (Å²) in [6.07, 6.45) is 1.95. The van der Waals surface area contributed by atoms with Crippen LogP contribution >= 0.6 is 11.6 Å². The van der Waals surface area contributed by atoms with E-state index in [0.29, 0.717) is 35.3 Å². The van der Waals surface area contributed by atoms with Crippen molar-refractivity contribution in [2.24, 2.45) is 17.1 Å². The number of fused-ring (bicyclic) bond motifs is 1. The minimum absolute atomic E-state index is 0.0513. The minimum Gasteiger partial charge on any atom is -0.399 e. The van der Waals surface area contributed by atoms with Crippen LogP contribution in [0.3, 0.4) is 0 Å². The lowest BCUT2D eigenvalue weighted by Crippen LogP contribution is -2.48. The fourth-order valence-electron chi connectivity index (χ4n) is 4.13. The van der Waals surface area contributed by atoms with Gasteiger partial charge < -0.3 is 5.73 Å². The maximum Gasteiger partial charge on any atom is 0.204 e. The van der Waals surface area contributed by atoms with Gasteiger partial charge in [-0.15, -0.1) is 0 Å². The SMILES string of the molecule is CC(C)N1CC=C2[C@H](C1)[C@@H](c1ccc(Cl)cc1)C(C#N)=C(N)C2(C#N)C#N. The van der Waals surface area contributed by atoms with Gasteiger partial charge in [0.15, 0.2) is 0 Å². The largest absolute Gasteiger partial charge is 0.399 e. The summed E-state index contributed by atoms with van der Waals surface area (Å²) in [5.74, 6) is -0.488. The number of halogens is 1. The van der Waals surface area contributed by atoms with Crippen molar-refractivity contribution >= 4 is 11.6 Å². The first kappa shape index (κ1) is 19.0. The molecule has 3 rings (SSSR count). The van der Waals surface area contributed by atoms with E-state index >= 15 is 0 Å². The molecule has 2 aliphatic rings. The summed E-state index contributed by atoms with van der Waals surface area (Å²) >= 11 is 6.03. The van der Waals surface area contributed by atoms with Crippen molar-refractivity contribution in [2.45, 2.75) is 25.8 Å². The van der Waals surface area contributed by atoms with Crippen molar-refractivity contribution in [2.75, 3.05) is 13.1 Å². The van der Waals surface area contributed by atoms with E-state index in [1.165, 1.54) is 0 Å². The average Bonchev–Trinajstić information content (AvgIpc) is 2.68. The van der Waals surface area contributed by atoms with Crippen LogP contribution in [0.2, 0.25) is 5.02 Å². The second-order valence-corrected chi connectivity index (χ2v) is 7.69. The van der Waals surface area contributed by atoms with Gasteiger partial charge in [0.25, 0.3) is 0 Å². The first-order valence-electron chi connectivity index (χ1n) is 8.82. The predicted octanol–water partition coefficient (Wildman–Crippen LogP) is 3.47. The van der Waals surface area contributed by atoms with E-state index < -0.39 is 5.41 Å². The number of hydrogen-bond donors (Lipinski definition) is 1. The molecule has 6 heteroatoms. The van der Waals surface area contributed by atoms with E-state index in [-0.39, 0.29) is 17.5 Å². The summed E-state index contributed by atoms with van der Waals surface area (Å²) in [5.41, 5.74) is 6.67. The molecule has 2 N–H and O–H groups in total. The van der Waals surface area contributed by atoms with Crippen molar-refractivity contribution in [3.63, 3.8) is 0 Å². The van der Waals surface area contributed by atoms with Crippen LogP contribution in [0.5, 0.6) is 0 Å². The molecule has 5 nitrogen and oxygen atoms in total. The summed E-state index contributed by atoms with van der Waals surface area (Å²) in [6, 6.07) is 14.0. The molecule has 27 heavy (non-hydrogen) atoms. The highest BCUT2D eigenvalue weighted by atomic mass is 35.5. The second kappa shape index (κ2) is 7.09. The Morgan fingerprint density at radius 2 is 1.81 bits per heavy atom. The van der Waals surface area contributed by atoms with Gasteiger partial charge in [-0.3, -0.25) is 4.90 Å². The lowest BCUT2D eigenvalue weighted by atomic mass is 9.60. The highest BCUT2D eigenvalue weighted by Crippen LogP contribution is 2.52. The molecule has 0 fully saturated rings. The Labute approximate surface area is 164 Å². The van der Waals surface area contributed by atoms with Gasteiger partial charge in [0.1, 0.15) is 0 Å². The molecule has 1 aromatic rings. The third kappa shape index (κ3) is 2.88. The Morgan fingerprint density at radius 3 is 2.33 bits per heavy atom. The van der Waals surface area contributed by atoms with Crippen LogP contribution in [-0.2, 0) is 0 Å². The zero-order valence-electron chi connectivity index (χ0n) is 15.3. The Morgan fingerprint density at radius 1 is 1.19 bits per heavy atom. The molecule has 0 aromatic heterocycles. The maximum atomic E-state index is 9.87. The number of hydrogen-bond acceptors (Lipinski definition) is 5. The maximum absolute atomic E-state index is 9.87. The molecule has 0 saturated heterocycles. The summed E-state index contributed by atoms with van der Waals surface area (Å²) in [7, 11) is 0. The molecule has 0 spiro atoms. The molecule has 0 saturated carbocycles. The molecular formula is C21H20ClN5. The second-order valence-electron chi connectivity index (χ2n) is 7.26. The molecule has 0 amide bonds. The number of nitriles is 3. The van der Waals surface area contributed by atoms with Gasteiger partial charge in [-0.05, 0) is 37.1 Å². The van der Waals surface area contributed by atoms with Gasteiger partial charge in [-0.2, -0.15) is 15.8 Å². The summed E-state index contributed by atoms with van der Waals surface area (Å²) in [5, 5.41) is 30.2. The lowest BCUT2D eigenvalue weighted by Gasteiger charge is -2.46. The Hall–Kier alpha value is -2.78. The van der Waals surface area contributed by atoms with Crippen LogP contribution in [0.4, 0.5) is 0 Å². The number of benzene rings is 1. The van der Waals surface area contributed by atoms with E-state index in [0.717, 1.165) is 5.56 Å². The quantitative estimate of drug-likeness (QED) is 0.795. The van der Waals surface area contributed by atoms with Gasteiger partial charge >= 0.3 is 0 Å². The molecular weight excluding hydrogens is 358 g/mol. The molecule has 1 aromatic carbocycles. The number of nitrogens with two attached hydrogens (primary N) is 1. The van der Waals surface area contributed by atoms with E-state index in [4.69, 9.17) is 17.3 Å². The normalized spacial score (nSPS) is 24.4. The van der Waals surface area contributed by atoms with E-state index in [2.05, 4.69) is 37.0 Å². The fraction of sp³-hybridized carbons (Fsp3) is 0.381. The van der Waals surface area contributed by atoms with Crippen LogP contribution in [0.15, 0.2) is 47.2 Å². The van der Waals surface area contributed by atoms with E-state index in [1.807, 2.05) is 18.2 Å². The molecule has 0 unspecified atom stereocenters. The predicted molar refractivity (Wildman–Crippen MR) is 103 cm³/mol. The molecule has 0 bridgehead atoms. The van der Waals surface area contributed by atoms with Crippen LogP contribution in [-0.4, -0.2) is 24.0 Å². The first-order chi connectivity index (χ1) is 12.9. The number of nitrogens with zero attached hydrogens (tertiary/aromatic N) is 4. The first-order valence-corrected chi connectivity index (χ1v) is 9.20. The highest BCUT2D eigenvalue weighted by molar-refractivity contribution is 6.30. The zero-order valence-corrected chi connectivity index (χ0v) is 16.0. The summed E-state index contributed by atoms with van der Waals surface area (Å²) in [6.45, 7) is 5.52. The monoisotopic (exact) mass is 377 g/mol. The van der Waals surface area contributed by atoms with E-state index in [1.54, 1.807) is 12.1 Å². The van der Waals surface area contributed by atoms with Gasteiger partial charge in [0, 0.05) is 36.0 Å². The zero-order chi connectivity index (χ0) is 19.8. The molecule has 136 valence electrons. The van der Waals surface area contributed by atoms with Crippen LogP contribution < -0.4 is 5.73 Å². The average molecular weight is 378 g/mol. The van der Waals surface area contributed by atoms with Crippen molar-refractivity contribution in [1.82, 2.24) is 4.90 Å². The summed E-state index contributed by atoms with van der Waals surface area (Å²) in [4.78, 5) is 2.27. The Kier molecular flexibility index (Phi) is 4.99. The smallest absolute Gasteiger partial charge is 0.204 e.